The lowest BCUT2D eigenvalue weighted by Crippen LogP contribution is -2.40. The van der Waals surface area contributed by atoms with E-state index in [2.05, 4.69) is 15.5 Å². The molecule has 43 heavy (non-hydrogen) atoms. The Morgan fingerprint density at radius 3 is 2.40 bits per heavy atom. The monoisotopic (exact) mass is 586 g/mol. The lowest BCUT2D eigenvalue weighted by atomic mass is 10.0. The van der Waals surface area contributed by atoms with Crippen molar-refractivity contribution in [3.63, 3.8) is 0 Å². The predicted octanol–water partition coefficient (Wildman–Crippen LogP) is 5.92. The van der Waals surface area contributed by atoms with E-state index in [4.69, 9.17) is 4.74 Å². The summed E-state index contributed by atoms with van der Waals surface area (Å²) in [5.41, 5.74) is 3.95. The number of hydrogen-bond acceptors (Lipinski definition) is 6. The Balaban J connectivity index is 1.04. The number of piperidine rings is 1. The number of rotatable bonds is 15. The van der Waals surface area contributed by atoms with Gasteiger partial charge in [0.1, 0.15) is 11.9 Å². The van der Waals surface area contributed by atoms with Crippen LogP contribution in [0, 0.1) is 0 Å². The van der Waals surface area contributed by atoms with Crippen LogP contribution in [0.3, 0.4) is 0 Å². The van der Waals surface area contributed by atoms with E-state index >= 15 is 0 Å². The van der Waals surface area contributed by atoms with Gasteiger partial charge in [-0.2, -0.15) is 0 Å². The molecule has 0 aromatic heterocycles. The summed E-state index contributed by atoms with van der Waals surface area (Å²) in [5, 5.41) is 15.7. The molecule has 3 aromatic carbocycles. The first-order valence-electron chi connectivity index (χ1n) is 15.5. The number of hydrogen-bond donors (Lipinski definition) is 3. The summed E-state index contributed by atoms with van der Waals surface area (Å²) in [5.74, 6) is 0.484. The van der Waals surface area contributed by atoms with Gasteiger partial charge in [0.15, 0.2) is 0 Å². The molecule has 230 valence electrons. The summed E-state index contributed by atoms with van der Waals surface area (Å²) in [6, 6.07) is 25.1. The van der Waals surface area contributed by atoms with Gasteiger partial charge < -0.3 is 25.0 Å². The highest BCUT2D eigenvalue weighted by Gasteiger charge is 2.23. The number of nitrogens with zero attached hydrogens (tertiary/aromatic N) is 2. The van der Waals surface area contributed by atoms with Crippen molar-refractivity contribution in [3.8, 4) is 16.9 Å². The van der Waals surface area contributed by atoms with Crippen LogP contribution in [0.5, 0.6) is 5.75 Å². The van der Waals surface area contributed by atoms with Crippen LogP contribution < -0.4 is 10.6 Å². The number of unbranched alkanes of at least 4 members (excludes halogenated alkanes) is 2. The first kappa shape index (κ1) is 32.0. The van der Waals surface area contributed by atoms with Gasteiger partial charge >= 0.3 is 6.09 Å². The van der Waals surface area contributed by atoms with Crippen molar-refractivity contribution < 1.29 is 19.4 Å². The number of nitrogens with one attached hydrogen (secondary N) is 2. The van der Waals surface area contributed by atoms with Crippen LogP contribution >= 0.6 is 0 Å². The van der Waals surface area contributed by atoms with E-state index in [0.29, 0.717) is 12.2 Å². The van der Waals surface area contributed by atoms with Crippen molar-refractivity contribution in [1.82, 2.24) is 15.1 Å². The molecule has 3 aromatic rings. The van der Waals surface area contributed by atoms with Gasteiger partial charge in [0.2, 0.25) is 5.91 Å². The average Bonchev–Trinajstić information content (AvgIpc) is 3.03. The van der Waals surface area contributed by atoms with E-state index < -0.39 is 6.09 Å². The van der Waals surface area contributed by atoms with Gasteiger partial charge in [0.05, 0.1) is 5.69 Å². The quantitative estimate of drug-likeness (QED) is 0.191. The second-order valence-electron chi connectivity index (χ2n) is 11.3. The normalized spacial score (nSPS) is 13.9. The number of benzene rings is 3. The van der Waals surface area contributed by atoms with E-state index in [9.17, 15) is 14.7 Å². The number of anilines is 1. The summed E-state index contributed by atoms with van der Waals surface area (Å²) < 4.78 is 5.74. The average molecular weight is 587 g/mol. The van der Waals surface area contributed by atoms with E-state index in [0.717, 1.165) is 94.6 Å². The molecule has 0 radical (unpaired) electrons. The van der Waals surface area contributed by atoms with Crippen molar-refractivity contribution in [2.45, 2.75) is 51.0 Å². The number of carbonyl (C=O) groups is 2. The molecule has 0 aliphatic carbocycles. The van der Waals surface area contributed by atoms with Gasteiger partial charge in [0, 0.05) is 45.2 Å². The number of likely N-dealkylation sites (tertiary alicyclic amines) is 1. The number of para-hydroxylation sites is 1. The minimum Gasteiger partial charge on any atom is -0.508 e. The largest absolute Gasteiger partial charge is 0.508 e. The smallest absolute Gasteiger partial charge is 0.411 e. The molecule has 2 amide bonds. The number of phenols is 1. The highest BCUT2D eigenvalue weighted by molar-refractivity contribution is 5.91. The molecule has 0 spiro atoms. The lowest BCUT2D eigenvalue weighted by molar-refractivity contribution is -0.130. The fraction of sp³-hybridized carbons (Fsp3) is 0.429. The molecule has 3 N–H and O–H groups in total. The van der Waals surface area contributed by atoms with E-state index in [1.165, 1.54) is 5.56 Å². The predicted molar refractivity (Wildman–Crippen MR) is 172 cm³/mol. The van der Waals surface area contributed by atoms with Gasteiger partial charge in [-0.15, -0.1) is 0 Å². The Labute approximate surface area is 256 Å². The van der Waals surface area contributed by atoms with Crippen molar-refractivity contribution >= 4 is 17.7 Å². The molecule has 0 bridgehead atoms. The van der Waals surface area contributed by atoms with Gasteiger partial charge in [0.25, 0.3) is 0 Å². The third-order valence-electron chi connectivity index (χ3n) is 8.00. The zero-order chi connectivity index (χ0) is 30.3. The maximum atomic E-state index is 12.7. The van der Waals surface area contributed by atoms with Crippen LogP contribution in [-0.2, 0) is 16.0 Å². The van der Waals surface area contributed by atoms with E-state index in [1.54, 1.807) is 12.1 Å². The van der Waals surface area contributed by atoms with Gasteiger partial charge in [-0.1, -0.05) is 67.1 Å². The van der Waals surface area contributed by atoms with Gasteiger partial charge in [-0.05, 0) is 74.5 Å². The molecule has 8 nitrogen and oxygen atoms in total. The SMILES string of the molecule is CN(CCCCCNCCc1ccc(O)cc1)C(=O)CCN1CCC(OC(=O)Nc2ccccc2-c2ccccc2)CC1. The molecule has 1 fully saturated rings. The Morgan fingerprint density at radius 1 is 0.907 bits per heavy atom. The molecule has 0 saturated carbocycles. The van der Waals surface area contributed by atoms with Crippen LogP contribution in [0.25, 0.3) is 11.1 Å². The maximum Gasteiger partial charge on any atom is 0.411 e. The van der Waals surface area contributed by atoms with Crippen LogP contribution in [0.2, 0.25) is 0 Å². The third-order valence-corrected chi connectivity index (χ3v) is 8.00. The van der Waals surface area contributed by atoms with Crippen LogP contribution in [0.15, 0.2) is 78.9 Å². The summed E-state index contributed by atoms with van der Waals surface area (Å²) in [6.45, 7) is 5.04. The number of phenolic OH excluding ortho intramolecular Hbond substituents is 1. The number of amides is 2. The first-order chi connectivity index (χ1) is 21.0. The Bertz CT molecular complexity index is 1260. The highest BCUT2D eigenvalue weighted by Crippen LogP contribution is 2.28. The lowest BCUT2D eigenvalue weighted by Gasteiger charge is -2.31. The number of aromatic hydroxyl groups is 1. The molecular weight excluding hydrogens is 540 g/mol. The number of ether oxygens (including phenoxy) is 1. The van der Waals surface area contributed by atoms with Crippen molar-refractivity contribution in [2.75, 3.05) is 51.6 Å². The fourth-order valence-electron chi connectivity index (χ4n) is 5.37. The molecule has 0 unspecified atom stereocenters. The van der Waals surface area contributed by atoms with Crippen LogP contribution in [0.1, 0.15) is 44.1 Å². The first-order valence-corrected chi connectivity index (χ1v) is 15.5. The van der Waals surface area contributed by atoms with Crippen molar-refractivity contribution in [2.24, 2.45) is 0 Å². The summed E-state index contributed by atoms with van der Waals surface area (Å²) in [4.78, 5) is 29.5. The minimum atomic E-state index is -0.427. The minimum absolute atomic E-state index is 0.124. The molecule has 4 rings (SSSR count). The second-order valence-corrected chi connectivity index (χ2v) is 11.3. The van der Waals surface area contributed by atoms with Crippen molar-refractivity contribution in [3.05, 3.63) is 84.4 Å². The van der Waals surface area contributed by atoms with Gasteiger partial charge in [-0.25, -0.2) is 4.79 Å². The molecular formula is C35H46N4O4. The second kappa shape index (κ2) is 17.3. The molecule has 1 saturated heterocycles. The van der Waals surface area contributed by atoms with Crippen LogP contribution in [-0.4, -0.2) is 79.3 Å². The van der Waals surface area contributed by atoms with E-state index in [-0.39, 0.29) is 12.0 Å². The van der Waals surface area contributed by atoms with Crippen LogP contribution in [0.4, 0.5) is 10.5 Å². The maximum absolute atomic E-state index is 12.7. The highest BCUT2D eigenvalue weighted by atomic mass is 16.6. The molecule has 1 aliphatic rings. The molecule has 0 atom stereocenters. The zero-order valence-electron chi connectivity index (χ0n) is 25.3. The van der Waals surface area contributed by atoms with E-state index in [1.807, 2.05) is 78.7 Å². The molecule has 1 heterocycles. The van der Waals surface area contributed by atoms with Gasteiger partial charge in [-0.3, -0.25) is 10.1 Å². The Kier molecular flexibility index (Phi) is 12.9. The zero-order valence-corrected chi connectivity index (χ0v) is 25.3. The number of carbonyl (C=O) groups excluding carboxylic acids is 2. The molecule has 8 heteroatoms. The third kappa shape index (κ3) is 11.0. The Morgan fingerprint density at radius 2 is 1.63 bits per heavy atom. The summed E-state index contributed by atoms with van der Waals surface area (Å²) in [7, 11) is 1.90. The van der Waals surface area contributed by atoms with Crippen molar-refractivity contribution in [1.29, 1.82) is 0 Å². The summed E-state index contributed by atoms with van der Waals surface area (Å²) >= 11 is 0. The fourth-order valence-corrected chi connectivity index (χ4v) is 5.37. The summed E-state index contributed by atoms with van der Waals surface area (Å²) in [6.07, 6.45) is 5.61. The Hall–Kier alpha value is -3.88. The molecule has 1 aliphatic heterocycles. The topological polar surface area (TPSA) is 94.1 Å². The standard InChI is InChI=1S/C35H46N4O4/c1-38(24-9-3-8-22-36-23-18-28-14-16-30(40)17-15-28)34(41)21-27-39-25-19-31(20-26-39)43-35(42)37-33-13-7-6-12-32(33)29-10-4-2-5-11-29/h2,4-7,10-17,31,36,40H,3,8-9,18-27H2,1H3,(H,37,42).